The van der Waals surface area contributed by atoms with E-state index in [2.05, 4.69) is 0 Å². The Balaban J connectivity index is 2.24. The minimum absolute atomic E-state index is 0.146. The van der Waals surface area contributed by atoms with Gasteiger partial charge in [-0.25, -0.2) is 0 Å². The third-order valence-corrected chi connectivity index (χ3v) is 3.63. The van der Waals surface area contributed by atoms with E-state index < -0.39 is 6.10 Å². The molecule has 0 unspecified atom stereocenters. The summed E-state index contributed by atoms with van der Waals surface area (Å²) >= 11 is 11.7. The Morgan fingerprint density at radius 3 is 2.69 bits per heavy atom. The predicted octanol–water partition coefficient (Wildman–Crippen LogP) is 1.54. The van der Waals surface area contributed by atoms with Crippen molar-refractivity contribution < 1.29 is 9.90 Å². The van der Waals surface area contributed by atoms with Crippen LogP contribution in [0.5, 0.6) is 0 Å². The molecule has 0 saturated carbocycles. The first-order valence-electron chi connectivity index (χ1n) is 4.98. The predicted molar refractivity (Wildman–Crippen MR) is 62.0 cm³/mol. The largest absolute Gasteiger partial charge is 0.391 e. The molecule has 0 aliphatic carbocycles. The van der Waals surface area contributed by atoms with Crippen molar-refractivity contribution in [2.45, 2.75) is 12.5 Å². The quantitative estimate of drug-likeness (QED) is 0.835. The average Bonchev–Trinajstić information content (AvgIpc) is 2.78. The summed E-state index contributed by atoms with van der Waals surface area (Å²) in [7, 11) is 1.69. The molecule has 2 heterocycles. The molecule has 1 atom stereocenters. The maximum Gasteiger partial charge on any atom is 0.270 e. The van der Waals surface area contributed by atoms with Crippen molar-refractivity contribution in [1.82, 2.24) is 9.47 Å². The van der Waals surface area contributed by atoms with E-state index in [1.165, 1.54) is 0 Å². The third-order valence-electron chi connectivity index (χ3n) is 2.79. The van der Waals surface area contributed by atoms with E-state index >= 15 is 0 Å². The first kappa shape index (κ1) is 11.8. The fraction of sp³-hybridized carbons (Fsp3) is 0.500. The van der Waals surface area contributed by atoms with Crippen molar-refractivity contribution in [3.8, 4) is 0 Å². The number of β-amino-alcohol motifs (C(OH)–C–C–N with tert-alkyl or cyclic N) is 1. The van der Waals surface area contributed by atoms with Gasteiger partial charge in [-0.05, 0) is 12.5 Å². The van der Waals surface area contributed by atoms with Gasteiger partial charge in [-0.3, -0.25) is 4.79 Å². The van der Waals surface area contributed by atoms with Crippen molar-refractivity contribution in [3.05, 3.63) is 21.9 Å². The van der Waals surface area contributed by atoms with Crippen LogP contribution < -0.4 is 0 Å². The minimum atomic E-state index is -0.421. The lowest BCUT2D eigenvalue weighted by Crippen LogP contribution is -2.30. The van der Waals surface area contributed by atoms with Gasteiger partial charge in [0.15, 0.2) is 0 Å². The van der Waals surface area contributed by atoms with E-state index in [9.17, 15) is 9.90 Å². The number of amides is 1. The van der Waals surface area contributed by atoms with Crippen molar-refractivity contribution in [3.63, 3.8) is 0 Å². The van der Waals surface area contributed by atoms with Gasteiger partial charge in [0.05, 0.1) is 11.1 Å². The van der Waals surface area contributed by atoms with E-state index in [1.807, 2.05) is 0 Å². The lowest BCUT2D eigenvalue weighted by atomic mass is 10.3. The molecule has 0 radical (unpaired) electrons. The molecule has 16 heavy (non-hydrogen) atoms. The molecule has 1 amide bonds. The Hall–Kier alpha value is -0.710. The molecule has 88 valence electrons. The van der Waals surface area contributed by atoms with Gasteiger partial charge in [0, 0.05) is 20.1 Å². The summed E-state index contributed by atoms with van der Waals surface area (Å²) in [4.78, 5) is 13.7. The molecule has 6 heteroatoms. The Labute approximate surface area is 103 Å². The molecule has 1 aliphatic rings. The van der Waals surface area contributed by atoms with E-state index in [-0.39, 0.29) is 5.91 Å². The second-order valence-electron chi connectivity index (χ2n) is 3.92. The van der Waals surface area contributed by atoms with Crippen LogP contribution in [-0.2, 0) is 7.05 Å². The fourth-order valence-electron chi connectivity index (χ4n) is 1.84. The molecule has 0 spiro atoms. The molecule has 4 nitrogen and oxygen atoms in total. The zero-order chi connectivity index (χ0) is 11.9. The lowest BCUT2D eigenvalue weighted by molar-refractivity contribution is 0.0755. The number of aliphatic hydroxyl groups excluding tert-OH is 1. The molecule has 1 fully saturated rings. The first-order valence-corrected chi connectivity index (χ1v) is 5.74. The summed E-state index contributed by atoms with van der Waals surface area (Å²) in [6.45, 7) is 0.944. The number of hydrogen-bond donors (Lipinski definition) is 1. The van der Waals surface area contributed by atoms with Crippen LogP contribution in [0, 0.1) is 0 Å². The van der Waals surface area contributed by atoms with Crippen molar-refractivity contribution >= 4 is 29.1 Å². The Morgan fingerprint density at radius 1 is 1.56 bits per heavy atom. The van der Waals surface area contributed by atoms with E-state index in [1.54, 1.807) is 22.6 Å². The average molecular weight is 263 g/mol. The zero-order valence-electron chi connectivity index (χ0n) is 8.78. The highest BCUT2D eigenvalue weighted by Crippen LogP contribution is 2.26. The number of aliphatic hydroxyl groups is 1. The van der Waals surface area contributed by atoms with Crippen LogP contribution in [0.3, 0.4) is 0 Å². The topological polar surface area (TPSA) is 45.5 Å². The normalized spacial score (nSPS) is 20.5. The van der Waals surface area contributed by atoms with Crippen molar-refractivity contribution in [1.29, 1.82) is 0 Å². The van der Waals surface area contributed by atoms with E-state index in [0.29, 0.717) is 35.4 Å². The molecular formula is C10H12Cl2N2O2. The SMILES string of the molecule is Cn1c(C(=O)N2CC[C@@H](O)C2)cc(Cl)c1Cl. The number of aromatic nitrogens is 1. The van der Waals surface area contributed by atoms with Crippen LogP contribution in [0.4, 0.5) is 0 Å². The second-order valence-corrected chi connectivity index (χ2v) is 4.69. The molecule has 1 aromatic rings. The minimum Gasteiger partial charge on any atom is -0.391 e. The molecule has 1 aliphatic heterocycles. The molecule has 0 aromatic carbocycles. The van der Waals surface area contributed by atoms with Crippen LogP contribution >= 0.6 is 23.2 Å². The monoisotopic (exact) mass is 262 g/mol. The van der Waals surface area contributed by atoms with Crippen LogP contribution in [0.15, 0.2) is 6.07 Å². The molecule has 2 rings (SSSR count). The Kier molecular flexibility index (Phi) is 3.15. The number of nitrogens with zero attached hydrogens (tertiary/aromatic N) is 2. The second kappa shape index (κ2) is 4.28. The Morgan fingerprint density at radius 2 is 2.25 bits per heavy atom. The maximum absolute atomic E-state index is 12.1. The van der Waals surface area contributed by atoms with Gasteiger partial charge < -0.3 is 14.6 Å². The highest BCUT2D eigenvalue weighted by Gasteiger charge is 2.27. The van der Waals surface area contributed by atoms with Crippen LogP contribution in [0.25, 0.3) is 0 Å². The standard InChI is InChI=1S/C10H12Cl2N2O2/c1-13-8(4-7(11)9(13)12)10(16)14-3-2-6(15)5-14/h4,6,15H,2-3,5H2,1H3/t6-/m1/s1. The maximum atomic E-state index is 12.1. The summed E-state index contributed by atoms with van der Waals surface area (Å²) in [6, 6.07) is 1.55. The van der Waals surface area contributed by atoms with Crippen molar-refractivity contribution in [2.75, 3.05) is 13.1 Å². The van der Waals surface area contributed by atoms with Crippen LogP contribution in [-0.4, -0.2) is 39.7 Å². The van der Waals surface area contributed by atoms with E-state index in [0.717, 1.165) is 0 Å². The summed E-state index contributed by atoms with van der Waals surface area (Å²) in [5.74, 6) is -0.146. The number of carbonyl (C=O) groups is 1. The zero-order valence-corrected chi connectivity index (χ0v) is 10.3. The van der Waals surface area contributed by atoms with Gasteiger partial charge in [-0.1, -0.05) is 23.2 Å². The molecular weight excluding hydrogens is 251 g/mol. The van der Waals surface area contributed by atoms with Crippen LogP contribution in [0.2, 0.25) is 10.2 Å². The number of hydrogen-bond acceptors (Lipinski definition) is 2. The van der Waals surface area contributed by atoms with Gasteiger partial charge in [-0.15, -0.1) is 0 Å². The van der Waals surface area contributed by atoms with Gasteiger partial charge in [0.1, 0.15) is 10.8 Å². The van der Waals surface area contributed by atoms with Gasteiger partial charge in [0.25, 0.3) is 5.91 Å². The molecule has 1 N–H and O–H groups in total. The van der Waals surface area contributed by atoms with Gasteiger partial charge in [0.2, 0.25) is 0 Å². The van der Waals surface area contributed by atoms with Gasteiger partial charge >= 0.3 is 0 Å². The van der Waals surface area contributed by atoms with Crippen molar-refractivity contribution in [2.24, 2.45) is 7.05 Å². The molecule has 1 aromatic heterocycles. The summed E-state index contributed by atoms with van der Waals surface area (Å²) in [5.41, 5.74) is 0.448. The van der Waals surface area contributed by atoms with E-state index in [4.69, 9.17) is 23.2 Å². The molecule has 0 bridgehead atoms. The van der Waals surface area contributed by atoms with Gasteiger partial charge in [-0.2, -0.15) is 0 Å². The first-order chi connectivity index (χ1) is 7.50. The lowest BCUT2D eigenvalue weighted by Gasteiger charge is -2.15. The van der Waals surface area contributed by atoms with Crippen LogP contribution in [0.1, 0.15) is 16.9 Å². The summed E-state index contributed by atoms with van der Waals surface area (Å²) in [5, 5.41) is 10.1. The summed E-state index contributed by atoms with van der Waals surface area (Å²) in [6.07, 6.45) is 0.201. The fourth-order valence-corrected chi connectivity index (χ4v) is 2.21. The highest BCUT2D eigenvalue weighted by molar-refractivity contribution is 6.41. The summed E-state index contributed by atoms with van der Waals surface area (Å²) < 4.78 is 1.55. The Bertz CT molecular complexity index is 431. The third kappa shape index (κ3) is 1.93. The smallest absolute Gasteiger partial charge is 0.270 e. The number of rotatable bonds is 1. The highest BCUT2D eigenvalue weighted by atomic mass is 35.5. The number of carbonyl (C=O) groups excluding carboxylic acids is 1. The number of likely N-dealkylation sites (tertiary alicyclic amines) is 1. The molecule has 1 saturated heterocycles. The number of halogens is 2.